The molecule has 0 fully saturated rings. The molecule has 2 aromatic rings. The van der Waals surface area contributed by atoms with Gasteiger partial charge in [0.25, 0.3) is 0 Å². The van der Waals surface area contributed by atoms with E-state index in [-0.39, 0.29) is 17.6 Å². The molecule has 0 aliphatic heterocycles. The third-order valence-corrected chi connectivity index (χ3v) is 4.98. The zero-order valence-corrected chi connectivity index (χ0v) is 17.1. The van der Waals surface area contributed by atoms with Crippen molar-refractivity contribution in [3.05, 3.63) is 29.3 Å². The summed E-state index contributed by atoms with van der Waals surface area (Å²) in [6.07, 6.45) is 4.48. The van der Waals surface area contributed by atoms with Crippen molar-refractivity contribution in [2.45, 2.75) is 51.2 Å². The summed E-state index contributed by atoms with van der Waals surface area (Å²) in [5.41, 5.74) is 5.55. The molecular formula is C18H24ClN5O2S. The Morgan fingerprint density at radius 1 is 1.11 bits per heavy atom. The maximum Gasteiger partial charge on any atom is 0.248 e. The van der Waals surface area contributed by atoms with Gasteiger partial charge in [0.2, 0.25) is 11.8 Å². The van der Waals surface area contributed by atoms with E-state index in [1.54, 1.807) is 0 Å². The number of thioether (sulfide) groups is 1. The topological polar surface area (TPSA) is 88.9 Å². The Morgan fingerprint density at radius 2 is 1.85 bits per heavy atom. The van der Waals surface area contributed by atoms with Gasteiger partial charge in [-0.1, -0.05) is 49.5 Å². The second-order valence-electron chi connectivity index (χ2n) is 6.04. The highest BCUT2D eigenvalue weighted by Gasteiger charge is 2.15. The largest absolute Gasteiger partial charge is 0.302 e. The number of halogens is 1. The Balaban J connectivity index is 2.11. The molecule has 0 spiro atoms. The van der Waals surface area contributed by atoms with Gasteiger partial charge in [-0.2, -0.15) is 0 Å². The average molecular weight is 410 g/mol. The van der Waals surface area contributed by atoms with Crippen molar-refractivity contribution in [3.63, 3.8) is 0 Å². The fraction of sp³-hybridized carbons (Fsp3) is 0.444. The molecule has 9 heteroatoms. The van der Waals surface area contributed by atoms with Gasteiger partial charge in [0, 0.05) is 24.1 Å². The first-order chi connectivity index (χ1) is 13.0. The van der Waals surface area contributed by atoms with Crippen LogP contribution in [0.5, 0.6) is 0 Å². The van der Waals surface area contributed by atoms with Crippen LogP contribution in [0, 0.1) is 0 Å². The lowest BCUT2D eigenvalue weighted by atomic mass is 10.2. The minimum atomic E-state index is -0.322. The molecule has 0 radical (unpaired) electrons. The van der Waals surface area contributed by atoms with Gasteiger partial charge in [-0.25, -0.2) is 0 Å². The number of hydrogen-bond acceptors (Lipinski definition) is 5. The molecular weight excluding hydrogens is 386 g/mol. The van der Waals surface area contributed by atoms with Crippen molar-refractivity contribution in [2.24, 2.45) is 0 Å². The SMILES string of the molecule is CCCCCCn1c(SCC(=O)NNC(C)=O)nnc1-c1ccc(Cl)cc1. The van der Waals surface area contributed by atoms with Crippen molar-refractivity contribution >= 4 is 35.2 Å². The highest BCUT2D eigenvalue weighted by atomic mass is 35.5. The predicted octanol–water partition coefficient (Wildman–Crippen LogP) is 3.44. The number of carbonyl (C=O) groups is 2. The molecule has 1 heterocycles. The number of aromatic nitrogens is 3. The zero-order valence-electron chi connectivity index (χ0n) is 15.5. The van der Waals surface area contributed by atoms with Crippen molar-refractivity contribution in [1.82, 2.24) is 25.6 Å². The van der Waals surface area contributed by atoms with E-state index in [0.717, 1.165) is 37.2 Å². The monoisotopic (exact) mass is 409 g/mol. The standard InChI is InChI=1S/C18H24ClN5O2S/c1-3-4-5-6-11-24-17(14-7-9-15(19)10-8-14)22-23-18(24)27-12-16(26)21-20-13(2)25/h7-10H,3-6,11-12H2,1-2H3,(H,20,25)(H,21,26). The number of rotatable bonds is 9. The van der Waals surface area contributed by atoms with Crippen LogP contribution in [0.2, 0.25) is 5.02 Å². The molecule has 0 unspecified atom stereocenters. The van der Waals surface area contributed by atoms with Crippen LogP contribution >= 0.6 is 23.4 Å². The number of hydrazine groups is 1. The van der Waals surface area contributed by atoms with Crippen LogP contribution in [0.4, 0.5) is 0 Å². The number of carbonyl (C=O) groups excluding carboxylic acids is 2. The molecule has 2 amide bonds. The third kappa shape index (κ3) is 6.88. The van der Waals surface area contributed by atoms with Gasteiger partial charge in [-0.15, -0.1) is 10.2 Å². The second kappa shape index (κ2) is 10.9. The van der Waals surface area contributed by atoms with Gasteiger partial charge in [0.05, 0.1) is 5.75 Å². The number of nitrogens with zero attached hydrogens (tertiary/aromatic N) is 3. The Kier molecular flexibility index (Phi) is 8.60. The molecule has 0 atom stereocenters. The van der Waals surface area contributed by atoms with Crippen molar-refractivity contribution in [2.75, 3.05) is 5.75 Å². The lowest BCUT2D eigenvalue weighted by Gasteiger charge is -2.10. The Labute approximate surface area is 168 Å². The predicted molar refractivity (Wildman–Crippen MR) is 107 cm³/mol. The molecule has 27 heavy (non-hydrogen) atoms. The Hall–Kier alpha value is -2.06. The first-order valence-corrected chi connectivity index (χ1v) is 10.2. The number of nitrogens with one attached hydrogen (secondary N) is 2. The van der Waals surface area contributed by atoms with E-state index in [2.05, 4.69) is 28.0 Å². The molecule has 0 saturated heterocycles. The molecule has 1 aromatic carbocycles. The summed E-state index contributed by atoms with van der Waals surface area (Å²) in [6, 6.07) is 7.46. The quantitative estimate of drug-likeness (QED) is 0.376. The van der Waals surface area contributed by atoms with E-state index in [9.17, 15) is 9.59 Å². The van der Waals surface area contributed by atoms with Gasteiger partial charge in [0.15, 0.2) is 11.0 Å². The van der Waals surface area contributed by atoms with E-state index in [1.807, 2.05) is 28.8 Å². The van der Waals surface area contributed by atoms with E-state index in [4.69, 9.17) is 11.6 Å². The summed E-state index contributed by atoms with van der Waals surface area (Å²) in [5, 5.41) is 9.91. The minimum absolute atomic E-state index is 0.133. The van der Waals surface area contributed by atoms with Crippen molar-refractivity contribution in [1.29, 1.82) is 0 Å². The smallest absolute Gasteiger partial charge is 0.248 e. The molecule has 2 N–H and O–H groups in total. The summed E-state index contributed by atoms with van der Waals surface area (Å²) in [7, 11) is 0. The first kappa shape index (κ1) is 21.2. The van der Waals surface area contributed by atoms with E-state index in [0.29, 0.717) is 10.2 Å². The summed E-state index contributed by atoms with van der Waals surface area (Å²) in [5.74, 6) is 0.266. The van der Waals surface area contributed by atoms with Gasteiger partial charge in [0.1, 0.15) is 0 Å². The Bertz CT molecular complexity index is 764. The normalized spacial score (nSPS) is 10.6. The third-order valence-electron chi connectivity index (χ3n) is 3.76. The van der Waals surface area contributed by atoms with Gasteiger partial charge in [-0.3, -0.25) is 20.4 Å². The fourth-order valence-electron chi connectivity index (χ4n) is 2.43. The number of amides is 2. The average Bonchev–Trinajstić information content (AvgIpc) is 3.05. The summed E-state index contributed by atoms with van der Waals surface area (Å²) < 4.78 is 2.04. The highest BCUT2D eigenvalue weighted by molar-refractivity contribution is 7.99. The molecule has 0 saturated carbocycles. The van der Waals surface area contributed by atoms with Crippen LogP contribution < -0.4 is 10.9 Å². The van der Waals surface area contributed by atoms with Crippen LogP contribution in [-0.2, 0) is 16.1 Å². The minimum Gasteiger partial charge on any atom is -0.302 e. The lowest BCUT2D eigenvalue weighted by Crippen LogP contribution is -2.41. The zero-order chi connectivity index (χ0) is 19.6. The molecule has 7 nitrogen and oxygen atoms in total. The summed E-state index contributed by atoms with van der Waals surface area (Å²) in [6.45, 7) is 4.28. The molecule has 1 aromatic heterocycles. The van der Waals surface area contributed by atoms with E-state index >= 15 is 0 Å². The molecule has 2 rings (SSSR count). The van der Waals surface area contributed by atoms with Crippen LogP contribution in [0.1, 0.15) is 39.5 Å². The number of hydrogen-bond donors (Lipinski definition) is 2. The molecule has 146 valence electrons. The maximum atomic E-state index is 11.8. The van der Waals surface area contributed by atoms with E-state index in [1.165, 1.54) is 25.1 Å². The number of benzene rings is 1. The second-order valence-corrected chi connectivity index (χ2v) is 7.42. The maximum absolute atomic E-state index is 11.8. The fourth-order valence-corrected chi connectivity index (χ4v) is 3.32. The van der Waals surface area contributed by atoms with Gasteiger partial charge >= 0.3 is 0 Å². The van der Waals surface area contributed by atoms with Gasteiger partial charge < -0.3 is 4.57 Å². The molecule has 0 aliphatic rings. The molecule has 0 aliphatic carbocycles. The Morgan fingerprint density at radius 3 is 2.52 bits per heavy atom. The highest BCUT2D eigenvalue weighted by Crippen LogP contribution is 2.25. The van der Waals surface area contributed by atoms with Crippen LogP contribution in [0.25, 0.3) is 11.4 Å². The summed E-state index contributed by atoms with van der Waals surface area (Å²) in [4.78, 5) is 22.7. The van der Waals surface area contributed by atoms with Crippen LogP contribution in [-0.4, -0.2) is 32.3 Å². The molecule has 0 bridgehead atoms. The lowest BCUT2D eigenvalue weighted by molar-refractivity contribution is -0.126. The van der Waals surface area contributed by atoms with Crippen molar-refractivity contribution < 1.29 is 9.59 Å². The van der Waals surface area contributed by atoms with Gasteiger partial charge in [-0.05, 0) is 30.7 Å². The van der Waals surface area contributed by atoms with Crippen molar-refractivity contribution in [3.8, 4) is 11.4 Å². The van der Waals surface area contributed by atoms with Crippen LogP contribution in [0.15, 0.2) is 29.4 Å². The summed E-state index contributed by atoms with van der Waals surface area (Å²) >= 11 is 7.27. The van der Waals surface area contributed by atoms with E-state index < -0.39 is 0 Å². The first-order valence-electron chi connectivity index (χ1n) is 8.88. The van der Waals surface area contributed by atoms with Crippen LogP contribution in [0.3, 0.4) is 0 Å². The number of unbranched alkanes of at least 4 members (excludes halogenated alkanes) is 3.